The average Bonchev–Trinajstić information content (AvgIpc) is 2.28. The van der Waals surface area contributed by atoms with Crippen molar-refractivity contribution in [2.45, 2.75) is 32.2 Å². The maximum Gasteiger partial charge on any atom is 0.224 e. The van der Waals surface area contributed by atoms with Gasteiger partial charge in [0.25, 0.3) is 0 Å². The van der Waals surface area contributed by atoms with E-state index in [1.165, 1.54) is 0 Å². The summed E-state index contributed by atoms with van der Waals surface area (Å²) in [6.07, 6.45) is 2.19. The van der Waals surface area contributed by atoms with E-state index in [1.54, 1.807) is 0 Å². The van der Waals surface area contributed by atoms with Gasteiger partial charge < -0.3 is 15.4 Å². The Kier molecular flexibility index (Phi) is 3.47. The number of hydrogen-bond donors (Lipinski definition) is 2. The highest BCUT2D eigenvalue weighted by Crippen LogP contribution is 2.23. The molecule has 1 fully saturated rings. The molecule has 1 unspecified atom stereocenters. The van der Waals surface area contributed by atoms with E-state index in [9.17, 15) is 0 Å². The summed E-state index contributed by atoms with van der Waals surface area (Å²) in [5, 5.41) is 6.42. The molecule has 0 bridgehead atoms. The Bertz CT molecular complexity index is 388. The highest BCUT2D eigenvalue weighted by molar-refractivity contribution is 5.44. The molecule has 0 aromatic carbocycles. The minimum atomic E-state index is -0.0238. The molecule has 2 heterocycles. The van der Waals surface area contributed by atoms with Gasteiger partial charge in [-0.1, -0.05) is 0 Å². The highest BCUT2D eigenvalue weighted by atomic mass is 16.5. The van der Waals surface area contributed by atoms with Crippen molar-refractivity contribution in [1.82, 2.24) is 9.97 Å². The van der Waals surface area contributed by atoms with Crippen molar-refractivity contribution < 1.29 is 4.74 Å². The Morgan fingerprint density at radius 1 is 1.41 bits per heavy atom. The third-order valence-electron chi connectivity index (χ3n) is 2.95. The van der Waals surface area contributed by atoms with Crippen LogP contribution in [-0.2, 0) is 4.74 Å². The third-order valence-corrected chi connectivity index (χ3v) is 2.95. The Morgan fingerprint density at radius 2 is 2.24 bits per heavy atom. The number of aryl methyl sites for hydroxylation is 1. The highest BCUT2D eigenvalue weighted by Gasteiger charge is 2.27. The molecular weight excluding hydrogens is 216 g/mol. The lowest BCUT2D eigenvalue weighted by Crippen LogP contribution is -2.43. The predicted molar refractivity (Wildman–Crippen MR) is 68.4 cm³/mol. The van der Waals surface area contributed by atoms with Crippen LogP contribution in [0.4, 0.5) is 11.8 Å². The van der Waals surface area contributed by atoms with Gasteiger partial charge in [-0.15, -0.1) is 0 Å². The van der Waals surface area contributed by atoms with E-state index in [4.69, 9.17) is 4.74 Å². The lowest BCUT2D eigenvalue weighted by molar-refractivity contribution is 0.0539. The number of ether oxygens (including phenoxy) is 1. The van der Waals surface area contributed by atoms with Crippen molar-refractivity contribution in [3.8, 4) is 0 Å². The fourth-order valence-corrected chi connectivity index (χ4v) is 2.09. The Hall–Kier alpha value is -1.36. The molecule has 1 saturated heterocycles. The Morgan fingerprint density at radius 3 is 2.88 bits per heavy atom. The number of nitrogens with zero attached hydrogens (tertiary/aromatic N) is 2. The first-order valence-corrected chi connectivity index (χ1v) is 6.01. The van der Waals surface area contributed by atoms with Crippen LogP contribution in [0.2, 0.25) is 0 Å². The van der Waals surface area contributed by atoms with Crippen molar-refractivity contribution in [3.63, 3.8) is 0 Å². The number of nitrogens with one attached hydrogen (secondary N) is 2. The molecular formula is C12H20N4O. The fourth-order valence-electron chi connectivity index (χ4n) is 2.09. The largest absolute Gasteiger partial charge is 0.379 e. The van der Waals surface area contributed by atoms with Crippen molar-refractivity contribution in [3.05, 3.63) is 11.8 Å². The summed E-state index contributed by atoms with van der Waals surface area (Å²) in [7, 11) is 1.82. The van der Waals surface area contributed by atoms with Gasteiger partial charge >= 0.3 is 0 Å². The minimum Gasteiger partial charge on any atom is -0.379 e. The maximum absolute atomic E-state index is 5.52. The number of aromatic nitrogens is 2. The maximum atomic E-state index is 5.52. The smallest absolute Gasteiger partial charge is 0.224 e. The molecule has 2 rings (SSSR count). The van der Waals surface area contributed by atoms with Gasteiger partial charge in [0.2, 0.25) is 5.95 Å². The first-order valence-electron chi connectivity index (χ1n) is 6.01. The van der Waals surface area contributed by atoms with Crippen molar-refractivity contribution in [2.24, 2.45) is 0 Å². The topological polar surface area (TPSA) is 59.1 Å². The van der Waals surface area contributed by atoms with E-state index < -0.39 is 0 Å². The summed E-state index contributed by atoms with van der Waals surface area (Å²) in [4.78, 5) is 8.68. The van der Waals surface area contributed by atoms with E-state index in [2.05, 4.69) is 27.5 Å². The van der Waals surface area contributed by atoms with E-state index in [1.807, 2.05) is 20.0 Å². The van der Waals surface area contributed by atoms with Gasteiger partial charge in [-0.25, -0.2) is 4.98 Å². The van der Waals surface area contributed by atoms with Crippen LogP contribution >= 0.6 is 0 Å². The van der Waals surface area contributed by atoms with Crippen LogP contribution in [0.15, 0.2) is 6.07 Å². The molecule has 5 nitrogen and oxygen atoms in total. The molecule has 2 N–H and O–H groups in total. The summed E-state index contributed by atoms with van der Waals surface area (Å²) < 4.78 is 5.52. The van der Waals surface area contributed by atoms with Gasteiger partial charge in [-0.05, 0) is 26.7 Å². The second-order valence-electron chi connectivity index (χ2n) is 4.81. The Labute approximate surface area is 102 Å². The second kappa shape index (κ2) is 4.87. The number of hydrogen-bond acceptors (Lipinski definition) is 5. The van der Waals surface area contributed by atoms with Crippen LogP contribution in [0.3, 0.4) is 0 Å². The summed E-state index contributed by atoms with van der Waals surface area (Å²) in [5.74, 6) is 1.50. The van der Waals surface area contributed by atoms with Crippen LogP contribution in [0.1, 0.15) is 25.5 Å². The molecule has 1 aliphatic rings. The predicted octanol–water partition coefficient (Wildman–Crippen LogP) is 1.81. The molecule has 0 spiro atoms. The van der Waals surface area contributed by atoms with Crippen LogP contribution in [-0.4, -0.2) is 35.8 Å². The van der Waals surface area contributed by atoms with Gasteiger partial charge in [-0.3, -0.25) is 0 Å². The molecule has 0 amide bonds. The first-order chi connectivity index (χ1) is 8.11. The lowest BCUT2D eigenvalue weighted by atomic mass is 9.95. The van der Waals surface area contributed by atoms with E-state index in [0.29, 0.717) is 5.95 Å². The third kappa shape index (κ3) is 3.06. The van der Waals surface area contributed by atoms with E-state index >= 15 is 0 Å². The molecule has 5 heteroatoms. The van der Waals surface area contributed by atoms with Crippen molar-refractivity contribution in [2.75, 3.05) is 30.9 Å². The quantitative estimate of drug-likeness (QED) is 0.838. The minimum absolute atomic E-state index is 0.0238. The zero-order chi connectivity index (χ0) is 12.3. The zero-order valence-corrected chi connectivity index (χ0v) is 10.7. The molecule has 1 aliphatic heterocycles. The molecule has 0 radical (unpaired) electrons. The zero-order valence-electron chi connectivity index (χ0n) is 10.7. The van der Waals surface area contributed by atoms with E-state index in [-0.39, 0.29) is 5.54 Å². The molecule has 1 aromatic rings. The molecule has 17 heavy (non-hydrogen) atoms. The summed E-state index contributed by atoms with van der Waals surface area (Å²) in [6, 6.07) is 1.96. The van der Waals surface area contributed by atoms with Gasteiger partial charge in [0.1, 0.15) is 5.82 Å². The SMILES string of the molecule is CNc1nc(C)cc(NC2(C)CCCOC2)n1. The monoisotopic (exact) mass is 236 g/mol. The van der Waals surface area contributed by atoms with Gasteiger partial charge in [0, 0.05) is 25.4 Å². The standard InChI is InChI=1S/C12H20N4O/c1-9-7-10(15-11(13-3)14-9)16-12(2)5-4-6-17-8-12/h7H,4-6,8H2,1-3H3,(H2,13,14,15,16). The van der Waals surface area contributed by atoms with Gasteiger partial charge in [0.15, 0.2) is 0 Å². The molecule has 1 aromatic heterocycles. The summed E-state index contributed by atoms with van der Waals surface area (Å²) in [6.45, 7) is 5.73. The Balaban J connectivity index is 2.14. The van der Waals surface area contributed by atoms with Crippen molar-refractivity contribution in [1.29, 1.82) is 0 Å². The molecule has 94 valence electrons. The average molecular weight is 236 g/mol. The van der Waals surface area contributed by atoms with Gasteiger partial charge in [-0.2, -0.15) is 4.98 Å². The summed E-state index contributed by atoms with van der Waals surface area (Å²) >= 11 is 0. The first kappa shape index (κ1) is 12.1. The number of rotatable bonds is 3. The normalized spacial score (nSPS) is 24.4. The number of anilines is 2. The van der Waals surface area contributed by atoms with Crippen LogP contribution < -0.4 is 10.6 Å². The van der Waals surface area contributed by atoms with Crippen LogP contribution in [0, 0.1) is 6.92 Å². The molecule has 0 aliphatic carbocycles. The second-order valence-corrected chi connectivity index (χ2v) is 4.81. The lowest BCUT2D eigenvalue weighted by Gasteiger charge is -2.34. The van der Waals surface area contributed by atoms with Crippen LogP contribution in [0.25, 0.3) is 0 Å². The fraction of sp³-hybridized carbons (Fsp3) is 0.667. The molecule has 0 saturated carbocycles. The van der Waals surface area contributed by atoms with Crippen molar-refractivity contribution >= 4 is 11.8 Å². The van der Waals surface area contributed by atoms with Crippen LogP contribution in [0.5, 0.6) is 0 Å². The molecule has 1 atom stereocenters. The van der Waals surface area contributed by atoms with Gasteiger partial charge in [0.05, 0.1) is 12.1 Å². The van der Waals surface area contributed by atoms with E-state index in [0.717, 1.165) is 37.6 Å². The summed E-state index contributed by atoms with van der Waals surface area (Å²) in [5.41, 5.74) is 0.927.